The average Bonchev–Trinajstić information content (AvgIpc) is 3.24. The maximum Gasteiger partial charge on any atom is 0.178 e. The van der Waals surface area contributed by atoms with Crippen LogP contribution in [0.25, 0.3) is 5.65 Å². The van der Waals surface area contributed by atoms with Crippen LogP contribution in [0.3, 0.4) is 0 Å². The Labute approximate surface area is 145 Å². The molecule has 24 heavy (non-hydrogen) atoms. The molecule has 1 saturated heterocycles. The fraction of sp³-hybridized carbons (Fsp3) is 0.500. The molecule has 0 spiro atoms. The molecule has 7 nitrogen and oxygen atoms in total. The number of hydrogen-bond acceptors (Lipinski definition) is 7. The summed E-state index contributed by atoms with van der Waals surface area (Å²) in [4.78, 5) is 4.49. The topological polar surface area (TPSA) is 62.5 Å². The predicted octanol–water partition coefficient (Wildman–Crippen LogP) is 2.03. The Balaban J connectivity index is 1.49. The molecule has 0 N–H and O–H groups in total. The monoisotopic (exact) mass is 343 g/mol. The highest BCUT2D eigenvalue weighted by Crippen LogP contribution is 2.28. The van der Waals surface area contributed by atoms with Crippen molar-refractivity contribution in [1.29, 1.82) is 0 Å². The first-order chi connectivity index (χ1) is 11.7. The van der Waals surface area contributed by atoms with Crippen LogP contribution in [-0.2, 0) is 6.54 Å². The Morgan fingerprint density at radius 1 is 1.21 bits per heavy atom. The van der Waals surface area contributed by atoms with Crippen LogP contribution in [0.1, 0.15) is 30.1 Å². The van der Waals surface area contributed by atoms with Crippen molar-refractivity contribution >= 4 is 23.0 Å². The molecule has 1 aliphatic rings. The highest BCUT2D eigenvalue weighted by molar-refractivity contribution is 7.03. The highest BCUT2D eigenvalue weighted by Gasteiger charge is 2.25. The molecular formula is C16H21N7S. The first-order valence-electron chi connectivity index (χ1n) is 8.21. The van der Waals surface area contributed by atoms with E-state index in [0.717, 1.165) is 49.8 Å². The maximum absolute atomic E-state index is 4.69. The molecule has 4 heterocycles. The van der Waals surface area contributed by atoms with Gasteiger partial charge in [-0.1, -0.05) is 0 Å². The van der Waals surface area contributed by atoms with Crippen molar-refractivity contribution in [2.75, 3.05) is 32.1 Å². The van der Waals surface area contributed by atoms with Gasteiger partial charge >= 0.3 is 0 Å². The Bertz CT molecular complexity index is 803. The van der Waals surface area contributed by atoms with Crippen molar-refractivity contribution in [3.05, 3.63) is 35.1 Å². The largest absolute Gasteiger partial charge is 0.361 e. The van der Waals surface area contributed by atoms with E-state index in [4.69, 9.17) is 0 Å². The molecule has 1 fully saturated rings. The van der Waals surface area contributed by atoms with Gasteiger partial charge in [-0.15, -0.1) is 15.3 Å². The average molecular weight is 343 g/mol. The number of anilines is 1. The van der Waals surface area contributed by atoms with Gasteiger partial charge < -0.3 is 4.90 Å². The molecule has 8 heteroatoms. The maximum atomic E-state index is 4.69. The smallest absolute Gasteiger partial charge is 0.178 e. The van der Waals surface area contributed by atoms with Crippen LogP contribution in [0.4, 0.5) is 5.82 Å². The number of nitrogens with zero attached hydrogens (tertiary/aromatic N) is 7. The Kier molecular flexibility index (Phi) is 4.15. The van der Waals surface area contributed by atoms with Gasteiger partial charge in [0.2, 0.25) is 0 Å². The van der Waals surface area contributed by atoms with Crippen molar-refractivity contribution in [2.24, 2.45) is 0 Å². The van der Waals surface area contributed by atoms with Crippen molar-refractivity contribution in [3.63, 3.8) is 0 Å². The Hall–Kier alpha value is -2.06. The van der Waals surface area contributed by atoms with E-state index in [1.807, 2.05) is 41.8 Å². The van der Waals surface area contributed by atoms with E-state index < -0.39 is 0 Å². The minimum atomic E-state index is 0.418. The van der Waals surface area contributed by atoms with Gasteiger partial charge in [0.05, 0.1) is 0 Å². The number of fused-ring (bicyclic) bond motifs is 1. The summed E-state index contributed by atoms with van der Waals surface area (Å²) in [6.07, 6.45) is 4.15. The zero-order chi connectivity index (χ0) is 16.5. The summed E-state index contributed by atoms with van der Waals surface area (Å²) in [5.74, 6) is 2.33. The fourth-order valence-corrected chi connectivity index (χ4v) is 3.73. The summed E-state index contributed by atoms with van der Waals surface area (Å²) in [7, 11) is 3.99. The minimum Gasteiger partial charge on any atom is -0.361 e. The zero-order valence-electron chi connectivity index (χ0n) is 14.0. The van der Waals surface area contributed by atoms with Crippen molar-refractivity contribution in [1.82, 2.24) is 29.1 Å². The van der Waals surface area contributed by atoms with E-state index >= 15 is 0 Å². The summed E-state index contributed by atoms with van der Waals surface area (Å²) in [5.41, 5.74) is 2.13. The van der Waals surface area contributed by atoms with Gasteiger partial charge in [0.15, 0.2) is 11.5 Å². The second-order valence-electron chi connectivity index (χ2n) is 6.50. The van der Waals surface area contributed by atoms with E-state index in [-0.39, 0.29) is 0 Å². The molecule has 0 bridgehead atoms. The van der Waals surface area contributed by atoms with Crippen LogP contribution in [0.15, 0.2) is 23.7 Å². The van der Waals surface area contributed by atoms with Crippen LogP contribution >= 0.6 is 11.5 Å². The second kappa shape index (κ2) is 6.45. The van der Waals surface area contributed by atoms with E-state index in [1.165, 1.54) is 17.1 Å². The number of hydrogen-bond donors (Lipinski definition) is 0. The standard InChI is InChI=1S/C16H21N7S/c1-21(2)15-4-3-14-18-19-16(23(14)20-15)13-5-7-22(8-6-13)10-12-9-17-24-11-12/h3-4,9,11,13H,5-8,10H2,1-2H3. The predicted molar refractivity (Wildman–Crippen MR) is 94.5 cm³/mol. The van der Waals surface area contributed by atoms with Gasteiger partial charge in [0, 0.05) is 38.1 Å². The summed E-state index contributed by atoms with van der Waals surface area (Å²) in [6.45, 7) is 3.14. The van der Waals surface area contributed by atoms with Crippen LogP contribution in [0.5, 0.6) is 0 Å². The van der Waals surface area contributed by atoms with Crippen LogP contribution in [0.2, 0.25) is 0 Å². The van der Waals surface area contributed by atoms with Crippen molar-refractivity contribution < 1.29 is 0 Å². The van der Waals surface area contributed by atoms with E-state index in [9.17, 15) is 0 Å². The van der Waals surface area contributed by atoms with Gasteiger partial charge in [0.1, 0.15) is 5.82 Å². The van der Waals surface area contributed by atoms with Gasteiger partial charge in [-0.2, -0.15) is 4.52 Å². The molecule has 0 amide bonds. The lowest BCUT2D eigenvalue weighted by Gasteiger charge is -2.30. The summed E-state index contributed by atoms with van der Waals surface area (Å²) in [6, 6.07) is 3.96. The molecule has 3 aromatic heterocycles. The Morgan fingerprint density at radius 2 is 2.04 bits per heavy atom. The molecule has 0 radical (unpaired) electrons. The third-order valence-corrected chi connectivity index (χ3v) is 5.21. The van der Waals surface area contributed by atoms with Gasteiger partial charge in [-0.05, 0) is 55.2 Å². The zero-order valence-corrected chi connectivity index (χ0v) is 14.8. The minimum absolute atomic E-state index is 0.418. The molecule has 0 saturated carbocycles. The quantitative estimate of drug-likeness (QED) is 0.722. The lowest BCUT2D eigenvalue weighted by atomic mass is 9.96. The molecule has 0 aliphatic carbocycles. The molecule has 0 unspecified atom stereocenters. The fourth-order valence-electron chi connectivity index (χ4n) is 3.20. The molecular weight excluding hydrogens is 322 g/mol. The molecule has 0 atom stereocenters. The van der Waals surface area contributed by atoms with Gasteiger partial charge in [-0.3, -0.25) is 4.90 Å². The molecule has 0 aromatic carbocycles. The third kappa shape index (κ3) is 2.99. The van der Waals surface area contributed by atoms with Crippen LogP contribution < -0.4 is 4.90 Å². The number of aromatic nitrogens is 5. The van der Waals surface area contributed by atoms with E-state index in [2.05, 4.69) is 29.9 Å². The summed E-state index contributed by atoms with van der Waals surface area (Å²) >= 11 is 1.52. The normalized spacial score (nSPS) is 16.8. The molecule has 4 rings (SSSR count). The van der Waals surface area contributed by atoms with E-state index in [0.29, 0.717) is 5.92 Å². The summed E-state index contributed by atoms with van der Waals surface area (Å²) < 4.78 is 6.10. The lowest BCUT2D eigenvalue weighted by molar-refractivity contribution is 0.201. The highest BCUT2D eigenvalue weighted by atomic mass is 32.1. The first-order valence-corrected chi connectivity index (χ1v) is 9.04. The van der Waals surface area contributed by atoms with Crippen molar-refractivity contribution in [3.8, 4) is 0 Å². The SMILES string of the molecule is CN(C)c1ccc2nnc(C3CCN(Cc4cnsc4)CC3)n2n1. The molecule has 1 aliphatic heterocycles. The molecule has 3 aromatic rings. The van der Waals surface area contributed by atoms with E-state index in [1.54, 1.807) is 0 Å². The second-order valence-corrected chi connectivity index (χ2v) is 7.15. The lowest BCUT2D eigenvalue weighted by Crippen LogP contribution is -2.33. The van der Waals surface area contributed by atoms with Crippen molar-refractivity contribution in [2.45, 2.75) is 25.3 Å². The number of rotatable bonds is 4. The number of piperidine rings is 1. The first kappa shape index (κ1) is 15.5. The van der Waals surface area contributed by atoms with Gasteiger partial charge in [-0.25, -0.2) is 4.37 Å². The third-order valence-electron chi connectivity index (χ3n) is 4.57. The van der Waals surface area contributed by atoms with Crippen LogP contribution in [0, 0.1) is 0 Å². The Morgan fingerprint density at radius 3 is 2.75 bits per heavy atom. The molecule has 126 valence electrons. The van der Waals surface area contributed by atoms with Crippen LogP contribution in [-0.4, -0.2) is 56.3 Å². The number of likely N-dealkylation sites (tertiary alicyclic amines) is 1. The summed E-state index contributed by atoms with van der Waals surface area (Å²) in [5, 5.41) is 15.5. The van der Waals surface area contributed by atoms with Gasteiger partial charge in [0.25, 0.3) is 0 Å².